The lowest BCUT2D eigenvalue weighted by Crippen LogP contribution is -2.48. The van der Waals surface area contributed by atoms with Gasteiger partial charge in [0, 0.05) is 12.1 Å². The van der Waals surface area contributed by atoms with Crippen LogP contribution in [-0.4, -0.2) is 31.8 Å². The second kappa shape index (κ2) is 9.71. The Morgan fingerprint density at radius 2 is 1.53 bits per heavy atom. The maximum absolute atomic E-state index is 13.4. The van der Waals surface area contributed by atoms with Crippen LogP contribution in [0.25, 0.3) is 0 Å². The standard InChI is InChI=1S/C21H27N3O5S/c1-15(2)21(16(3)4)22-20(25)14-23(17-10-6-5-7-11-17)30(28,29)19-13-9-8-12-18(19)24(26)27/h5-13,15-16,21H,14H2,1-4H3,(H,22,25). The first-order valence-corrected chi connectivity index (χ1v) is 11.1. The fraction of sp³-hybridized carbons (Fsp3) is 0.381. The molecule has 0 aliphatic carbocycles. The van der Waals surface area contributed by atoms with Crippen LogP contribution in [0.15, 0.2) is 59.5 Å². The lowest BCUT2D eigenvalue weighted by Gasteiger charge is -2.29. The number of rotatable bonds is 9. The minimum atomic E-state index is -4.37. The highest BCUT2D eigenvalue weighted by molar-refractivity contribution is 7.93. The molecule has 0 unspecified atom stereocenters. The van der Waals surface area contributed by atoms with E-state index < -0.39 is 38.0 Å². The molecule has 8 nitrogen and oxygen atoms in total. The molecule has 0 aliphatic rings. The van der Waals surface area contributed by atoms with Crippen molar-refractivity contribution in [3.8, 4) is 0 Å². The van der Waals surface area contributed by atoms with Crippen molar-refractivity contribution >= 4 is 27.3 Å². The van der Waals surface area contributed by atoms with Crippen LogP contribution in [0.3, 0.4) is 0 Å². The Labute approximate surface area is 177 Å². The highest BCUT2D eigenvalue weighted by atomic mass is 32.2. The van der Waals surface area contributed by atoms with Crippen LogP contribution in [0.5, 0.6) is 0 Å². The smallest absolute Gasteiger partial charge is 0.289 e. The van der Waals surface area contributed by atoms with E-state index in [9.17, 15) is 23.3 Å². The van der Waals surface area contributed by atoms with E-state index in [0.29, 0.717) is 0 Å². The summed E-state index contributed by atoms with van der Waals surface area (Å²) in [4.78, 5) is 23.0. The van der Waals surface area contributed by atoms with E-state index in [1.54, 1.807) is 30.3 Å². The molecule has 2 aromatic rings. The van der Waals surface area contributed by atoms with E-state index in [-0.39, 0.29) is 23.6 Å². The number of hydrogen-bond donors (Lipinski definition) is 1. The van der Waals surface area contributed by atoms with Gasteiger partial charge in [-0.2, -0.15) is 0 Å². The minimum absolute atomic E-state index is 0.135. The summed E-state index contributed by atoms with van der Waals surface area (Å²) in [6.07, 6.45) is 0. The molecule has 0 atom stereocenters. The number of sulfonamides is 1. The summed E-state index contributed by atoms with van der Waals surface area (Å²) in [5, 5.41) is 14.3. The molecule has 0 saturated carbocycles. The molecule has 0 heterocycles. The number of nitrogens with zero attached hydrogens (tertiary/aromatic N) is 2. The Kier molecular flexibility index (Phi) is 7.55. The molecular weight excluding hydrogens is 406 g/mol. The monoisotopic (exact) mass is 433 g/mol. The molecular formula is C21H27N3O5S. The highest BCUT2D eigenvalue weighted by Gasteiger charge is 2.33. The predicted molar refractivity (Wildman–Crippen MR) is 116 cm³/mol. The number of nitro groups is 1. The molecule has 0 radical (unpaired) electrons. The second-order valence-electron chi connectivity index (χ2n) is 7.65. The van der Waals surface area contributed by atoms with Crippen molar-refractivity contribution in [1.82, 2.24) is 5.32 Å². The SMILES string of the molecule is CC(C)C(NC(=O)CN(c1ccccc1)S(=O)(=O)c1ccccc1[N+](=O)[O-])C(C)C. The molecule has 0 aliphatic heterocycles. The van der Waals surface area contributed by atoms with Crippen LogP contribution >= 0.6 is 0 Å². The zero-order valence-corrected chi connectivity index (χ0v) is 18.3. The predicted octanol–water partition coefficient (Wildman–Crippen LogP) is 3.59. The first-order chi connectivity index (χ1) is 14.1. The Bertz CT molecular complexity index is 983. The molecule has 2 aromatic carbocycles. The first-order valence-electron chi connectivity index (χ1n) is 9.66. The average Bonchev–Trinajstić information content (AvgIpc) is 2.70. The summed E-state index contributed by atoms with van der Waals surface area (Å²) < 4.78 is 27.7. The van der Waals surface area contributed by atoms with Crippen molar-refractivity contribution < 1.29 is 18.1 Å². The molecule has 0 aromatic heterocycles. The van der Waals surface area contributed by atoms with Crippen molar-refractivity contribution in [2.45, 2.75) is 38.6 Å². The number of anilines is 1. The Morgan fingerprint density at radius 1 is 1.00 bits per heavy atom. The number of carbonyl (C=O) groups is 1. The topological polar surface area (TPSA) is 110 Å². The zero-order valence-electron chi connectivity index (χ0n) is 17.5. The number of amides is 1. The molecule has 0 fully saturated rings. The number of nitrogens with one attached hydrogen (secondary N) is 1. The van der Waals surface area contributed by atoms with Gasteiger partial charge in [-0.05, 0) is 30.0 Å². The summed E-state index contributed by atoms with van der Waals surface area (Å²) in [5.41, 5.74) is -0.294. The van der Waals surface area contributed by atoms with Gasteiger partial charge < -0.3 is 5.32 Å². The van der Waals surface area contributed by atoms with Crippen LogP contribution < -0.4 is 9.62 Å². The number of nitro benzene ring substituents is 1. The van der Waals surface area contributed by atoms with Crippen LogP contribution in [0.2, 0.25) is 0 Å². The number of hydrogen-bond acceptors (Lipinski definition) is 5. The van der Waals surface area contributed by atoms with Gasteiger partial charge >= 0.3 is 0 Å². The van der Waals surface area contributed by atoms with Crippen molar-refractivity contribution in [3.63, 3.8) is 0 Å². The van der Waals surface area contributed by atoms with Gasteiger partial charge in [0.2, 0.25) is 5.91 Å². The Morgan fingerprint density at radius 3 is 2.07 bits per heavy atom. The second-order valence-corrected chi connectivity index (χ2v) is 9.48. The lowest BCUT2D eigenvalue weighted by molar-refractivity contribution is -0.387. The van der Waals surface area contributed by atoms with Gasteiger partial charge in [-0.1, -0.05) is 58.0 Å². The Balaban J connectivity index is 2.47. The first kappa shape index (κ1) is 23.3. The molecule has 162 valence electrons. The summed E-state index contributed by atoms with van der Waals surface area (Å²) in [6, 6.07) is 13.1. The van der Waals surface area contributed by atoms with Crippen LogP contribution in [0.4, 0.5) is 11.4 Å². The van der Waals surface area contributed by atoms with Crippen molar-refractivity contribution in [2.75, 3.05) is 10.8 Å². The maximum atomic E-state index is 13.4. The van der Waals surface area contributed by atoms with E-state index in [4.69, 9.17) is 0 Å². The van der Waals surface area contributed by atoms with Crippen LogP contribution in [0.1, 0.15) is 27.7 Å². The highest BCUT2D eigenvalue weighted by Crippen LogP contribution is 2.29. The third-order valence-corrected chi connectivity index (χ3v) is 6.55. The summed E-state index contributed by atoms with van der Waals surface area (Å²) in [5.74, 6) is -0.162. The van der Waals surface area contributed by atoms with Crippen LogP contribution in [-0.2, 0) is 14.8 Å². The Hall–Kier alpha value is -2.94. The fourth-order valence-electron chi connectivity index (χ4n) is 3.32. The molecule has 0 spiro atoms. The van der Waals surface area contributed by atoms with E-state index in [1.807, 2.05) is 27.7 Å². The van der Waals surface area contributed by atoms with E-state index in [1.165, 1.54) is 18.2 Å². The molecule has 1 amide bonds. The summed E-state index contributed by atoms with van der Waals surface area (Å²) >= 11 is 0. The van der Waals surface area contributed by atoms with Crippen molar-refractivity contribution in [1.29, 1.82) is 0 Å². The molecule has 1 N–H and O–H groups in total. The average molecular weight is 434 g/mol. The number of carbonyl (C=O) groups excluding carboxylic acids is 1. The summed E-state index contributed by atoms with van der Waals surface area (Å²) in [6.45, 7) is 7.41. The lowest BCUT2D eigenvalue weighted by atomic mass is 9.93. The number of benzene rings is 2. The molecule has 9 heteroatoms. The van der Waals surface area contributed by atoms with Gasteiger partial charge in [0.25, 0.3) is 15.7 Å². The maximum Gasteiger partial charge on any atom is 0.289 e. The van der Waals surface area contributed by atoms with Crippen LogP contribution in [0, 0.1) is 22.0 Å². The van der Waals surface area contributed by atoms with E-state index in [0.717, 1.165) is 10.4 Å². The van der Waals surface area contributed by atoms with E-state index in [2.05, 4.69) is 5.32 Å². The van der Waals surface area contributed by atoms with Gasteiger partial charge in [0.15, 0.2) is 4.90 Å². The van der Waals surface area contributed by atoms with Gasteiger partial charge in [0.1, 0.15) is 6.54 Å². The van der Waals surface area contributed by atoms with Gasteiger partial charge in [-0.3, -0.25) is 19.2 Å². The van der Waals surface area contributed by atoms with Crippen molar-refractivity contribution in [2.24, 2.45) is 11.8 Å². The molecule has 0 bridgehead atoms. The normalized spacial score (nSPS) is 11.7. The zero-order chi connectivity index (χ0) is 22.5. The minimum Gasteiger partial charge on any atom is -0.351 e. The number of para-hydroxylation sites is 2. The summed E-state index contributed by atoms with van der Waals surface area (Å²) in [7, 11) is -4.37. The van der Waals surface area contributed by atoms with E-state index >= 15 is 0 Å². The third kappa shape index (κ3) is 5.35. The largest absolute Gasteiger partial charge is 0.351 e. The third-order valence-electron chi connectivity index (χ3n) is 4.73. The molecule has 30 heavy (non-hydrogen) atoms. The van der Waals surface area contributed by atoms with Crippen molar-refractivity contribution in [3.05, 3.63) is 64.7 Å². The fourth-order valence-corrected chi connectivity index (χ4v) is 4.90. The quantitative estimate of drug-likeness (QED) is 0.480. The van der Waals surface area contributed by atoms with Gasteiger partial charge in [0.05, 0.1) is 10.6 Å². The van der Waals surface area contributed by atoms with Gasteiger partial charge in [-0.25, -0.2) is 8.42 Å². The molecule has 0 saturated heterocycles. The van der Waals surface area contributed by atoms with Gasteiger partial charge in [-0.15, -0.1) is 0 Å². The molecule has 2 rings (SSSR count).